The van der Waals surface area contributed by atoms with E-state index in [-0.39, 0.29) is 21.2 Å². The summed E-state index contributed by atoms with van der Waals surface area (Å²) in [5, 5.41) is 1.76. The van der Waals surface area contributed by atoms with Crippen molar-refractivity contribution in [3.63, 3.8) is 0 Å². The van der Waals surface area contributed by atoms with E-state index in [0.29, 0.717) is 12.0 Å². The predicted octanol–water partition coefficient (Wildman–Crippen LogP) is 5.82. The van der Waals surface area contributed by atoms with E-state index < -0.39 is 5.82 Å². The minimum Gasteiger partial charge on any atom is -0.467 e. The van der Waals surface area contributed by atoms with Crippen molar-refractivity contribution < 1.29 is 18.7 Å². The van der Waals surface area contributed by atoms with E-state index in [9.17, 15) is 9.18 Å². The maximum atomic E-state index is 13.9. The lowest BCUT2D eigenvalue weighted by atomic mass is 9.98. The van der Waals surface area contributed by atoms with Gasteiger partial charge >= 0.3 is 0 Å². The Kier molecular flexibility index (Phi) is 8.41. The topological polar surface area (TPSA) is 35.5 Å². The second-order valence-corrected chi connectivity index (χ2v) is 9.71. The van der Waals surface area contributed by atoms with E-state index in [1.165, 1.54) is 30.2 Å². The molecule has 0 N–H and O–H groups in total. The van der Waals surface area contributed by atoms with Crippen LogP contribution in [0.3, 0.4) is 0 Å². The number of carbonyl (C=O) groups excluding carboxylic acids is 1. The van der Waals surface area contributed by atoms with Crippen LogP contribution in [0.2, 0.25) is 0 Å². The average Bonchev–Trinajstić information content (AvgIpc) is 2.86. The van der Waals surface area contributed by atoms with Crippen molar-refractivity contribution in [2.75, 3.05) is 13.9 Å². The minimum absolute atomic E-state index is 0.111. The summed E-state index contributed by atoms with van der Waals surface area (Å²) < 4.78 is 25.3. The highest BCUT2D eigenvalue weighted by molar-refractivity contribution is 7.56. The zero-order chi connectivity index (χ0) is 24.6. The molecule has 4 aromatic rings. The Balaban J connectivity index is 1.82. The smallest absolute Gasteiger partial charge is 0.188 e. The summed E-state index contributed by atoms with van der Waals surface area (Å²) >= 11 is 0. The summed E-state index contributed by atoms with van der Waals surface area (Å²) in [5.74, 6) is 0.184. The van der Waals surface area contributed by atoms with Gasteiger partial charge < -0.3 is 9.47 Å². The third-order valence-electron chi connectivity index (χ3n) is 5.67. The highest BCUT2D eigenvalue weighted by Gasteiger charge is 2.17. The molecule has 35 heavy (non-hydrogen) atoms. The molecule has 0 bridgehead atoms. The van der Waals surface area contributed by atoms with E-state index in [2.05, 4.69) is 36.4 Å². The Morgan fingerprint density at radius 3 is 2.09 bits per heavy atom. The highest BCUT2D eigenvalue weighted by Crippen LogP contribution is 2.30. The fourth-order valence-electron chi connectivity index (χ4n) is 4.08. The standard InChI is InChI=1S/C30H28FO3P/c1-21(32)27-19-26(31)13-14-28(27)35-29-18-24(15-22-9-5-3-6-10-22)17-25(30(29)34-20-33-2)16-23-11-7-4-8-12-23/h3-14,17-19,35H,15-16,20H2,1-2H3. The normalized spacial score (nSPS) is 11.2. The predicted molar refractivity (Wildman–Crippen MR) is 141 cm³/mol. The number of halogens is 1. The zero-order valence-electron chi connectivity index (χ0n) is 19.9. The molecule has 0 saturated carbocycles. The molecule has 0 aromatic heterocycles. The molecule has 178 valence electrons. The summed E-state index contributed by atoms with van der Waals surface area (Å²) in [6.07, 6.45) is 1.47. The van der Waals surface area contributed by atoms with Crippen molar-refractivity contribution in [3.8, 4) is 5.75 Å². The number of ketones is 1. The maximum Gasteiger partial charge on any atom is 0.188 e. The van der Waals surface area contributed by atoms with Crippen LogP contribution in [-0.2, 0) is 17.6 Å². The van der Waals surface area contributed by atoms with E-state index in [0.717, 1.165) is 33.9 Å². The second-order valence-electron chi connectivity index (χ2n) is 8.38. The summed E-state index contributed by atoms with van der Waals surface area (Å²) in [6, 6.07) is 29.3. The van der Waals surface area contributed by atoms with Crippen LogP contribution < -0.4 is 15.3 Å². The average molecular weight is 487 g/mol. The van der Waals surface area contributed by atoms with E-state index in [1.54, 1.807) is 13.2 Å². The Hall–Kier alpha value is -3.33. The lowest BCUT2D eigenvalue weighted by molar-refractivity contribution is 0.0513. The number of hydrogen-bond donors (Lipinski definition) is 0. The summed E-state index contributed by atoms with van der Waals surface area (Å²) in [7, 11) is 1.71. The number of ether oxygens (including phenoxy) is 2. The SMILES string of the molecule is COCOc1c(Cc2ccccc2)cc(Cc2ccccc2)cc1Pc1ccc(F)cc1C(C)=O. The van der Waals surface area contributed by atoms with Crippen LogP contribution in [0.4, 0.5) is 4.39 Å². The lowest BCUT2D eigenvalue weighted by Gasteiger charge is -2.19. The van der Waals surface area contributed by atoms with Crippen LogP contribution in [0.5, 0.6) is 5.75 Å². The number of benzene rings is 4. The third-order valence-corrected chi connectivity index (χ3v) is 7.01. The Bertz CT molecular complexity index is 1290. The molecular weight excluding hydrogens is 458 g/mol. The molecule has 0 fully saturated rings. The first-order valence-corrected chi connectivity index (χ1v) is 12.5. The zero-order valence-corrected chi connectivity index (χ0v) is 20.9. The molecule has 0 aliphatic heterocycles. The van der Waals surface area contributed by atoms with Gasteiger partial charge in [-0.1, -0.05) is 81.4 Å². The van der Waals surface area contributed by atoms with Gasteiger partial charge in [0.2, 0.25) is 0 Å². The number of rotatable bonds is 10. The van der Waals surface area contributed by atoms with Gasteiger partial charge in [0.15, 0.2) is 12.6 Å². The molecule has 0 spiro atoms. The van der Waals surface area contributed by atoms with Crippen molar-refractivity contribution in [2.24, 2.45) is 0 Å². The molecule has 4 aromatic carbocycles. The van der Waals surface area contributed by atoms with Gasteiger partial charge in [-0.15, -0.1) is 0 Å². The van der Waals surface area contributed by atoms with Crippen molar-refractivity contribution in [3.05, 3.63) is 125 Å². The van der Waals surface area contributed by atoms with Crippen LogP contribution in [0.25, 0.3) is 0 Å². The highest BCUT2D eigenvalue weighted by atomic mass is 31.1. The van der Waals surface area contributed by atoms with Gasteiger partial charge in [0, 0.05) is 24.4 Å². The van der Waals surface area contributed by atoms with E-state index in [4.69, 9.17) is 9.47 Å². The monoisotopic (exact) mass is 486 g/mol. The molecule has 0 heterocycles. The van der Waals surface area contributed by atoms with Gasteiger partial charge in [0.25, 0.3) is 0 Å². The van der Waals surface area contributed by atoms with Crippen molar-refractivity contribution >= 4 is 25.0 Å². The molecule has 1 unspecified atom stereocenters. The Labute approximate surface area is 207 Å². The number of carbonyl (C=O) groups is 1. The van der Waals surface area contributed by atoms with Gasteiger partial charge in [-0.25, -0.2) is 4.39 Å². The number of Topliss-reactive ketones (excluding diaryl/α,β-unsaturated/α-hetero) is 1. The molecule has 0 aliphatic carbocycles. The van der Waals surface area contributed by atoms with Crippen LogP contribution >= 0.6 is 8.58 Å². The van der Waals surface area contributed by atoms with Gasteiger partial charge in [0.1, 0.15) is 11.6 Å². The number of methoxy groups -OCH3 is 1. The van der Waals surface area contributed by atoms with Crippen LogP contribution in [0.15, 0.2) is 91.0 Å². The Morgan fingerprint density at radius 2 is 1.46 bits per heavy atom. The fraction of sp³-hybridized carbons (Fsp3) is 0.167. The molecule has 1 atom stereocenters. The van der Waals surface area contributed by atoms with Crippen molar-refractivity contribution in [1.29, 1.82) is 0 Å². The van der Waals surface area contributed by atoms with Gasteiger partial charge in [-0.3, -0.25) is 4.79 Å². The van der Waals surface area contributed by atoms with Crippen molar-refractivity contribution in [2.45, 2.75) is 19.8 Å². The van der Waals surface area contributed by atoms with Crippen molar-refractivity contribution in [1.82, 2.24) is 0 Å². The summed E-state index contributed by atoms with van der Waals surface area (Å²) in [5.41, 5.74) is 4.99. The lowest BCUT2D eigenvalue weighted by Crippen LogP contribution is -2.17. The van der Waals surface area contributed by atoms with Crippen LogP contribution in [-0.4, -0.2) is 19.7 Å². The van der Waals surface area contributed by atoms with E-state index in [1.807, 2.05) is 36.4 Å². The number of hydrogen-bond acceptors (Lipinski definition) is 3. The van der Waals surface area contributed by atoms with Gasteiger partial charge in [0.05, 0.1) is 0 Å². The summed E-state index contributed by atoms with van der Waals surface area (Å²) in [4.78, 5) is 12.3. The molecule has 0 aliphatic rings. The van der Waals surface area contributed by atoms with E-state index >= 15 is 0 Å². The van der Waals surface area contributed by atoms with Gasteiger partial charge in [-0.05, 0) is 59.1 Å². The quantitative estimate of drug-likeness (QED) is 0.161. The van der Waals surface area contributed by atoms with Crippen LogP contribution in [0, 0.1) is 5.82 Å². The third kappa shape index (κ3) is 6.63. The van der Waals surface area contributed by atoms with Crippen LogP contribution in [0.1, 0.15) is 39.5 Å². The molecule has 5 heteroatoms. The Morgan fingerprint density at radius 1 is 0.800 bits per heavy atom. The maximum absolute atomic E-state index is 13.9. The fourth-order valence-corrected chi connectivity index (χ4v) is 5.52. The molecule has 4 rings (SSSR count). The minimum atomic E-state index is -0.415. The molecule has 3 nitrogen and oxygen atoms in total. The van der Waals surface area contributed by atoms with Gasteiger partial charge in [-0.2, -0.15) is 0 Å². The first-order chi connectivity index (χ1) is 17.0. The molecule has 0 amide bonds. The first kappa shape index (κ1) is 24.8. The largest absolute Gasteiger partial charge is 0.467 e. The molecular formula is C30H28FO3P. The molecule has 0 saturated heterocycles. The summed E-state index contributed by atoms with van der Waals surface area (Å²) in [6.45, 7) is 1.58. The molecule has 0 radical (unpaired) electrons. The first-order valence-electron chi connectivity index (χ1n) is 11.5. The second kappa shape index (κ2) is 11.9.